The molecule has 1 aromatic carbocycles. The Balaban J connectivity index is 2.79. The Labute approximate surface area is 100 Å². The number of rotatable bonds is 1. The lowest BCUT2D eigenvalue weighted by molar-refractivity contribution is -0.138. The largest absolute Gasteiger partial charge is 0.478 e. The third-order valence-electron chi connectivity index (χ3n) is 2.85. The van der Waals surface area contributed by atoms with Crippen LogP contribution in [0.1, 0.15) is 33.5 Å². The number of halogens is 4. The maximum atomic E-state index is 12.8. The van der Waals surface area contributed by atoms with Gasteiger partial charge in [-0.15, -0.1) is 0 Å². The van der Waals surface area contributed by atoms with Gasteiger partial charge in [0.1, 0.15) is 0 Å². The fourth-order valence-corrected chi connectivity index (χ4v) is 2.55. The summed E-state index contributed by atoms with van der Waals surface area (Å²) in [6.07, 6.45) is -3.15. The Morgan fingerprint density at radius 1 is 1.35 bits per heavy atom. The Morgan fingerprint density at radius 3 is 2.53 bits per heavy atom. The summed E-state index contributed by atoms with van der Waals surface area (Å²) in [5, 5.41) is 8.43. The van der Waals surface area contributed by atoms with E-state index in [9.17, 15) is 18.0 Å². The number of aryl methyl sites for hydroxylation is 1. The van der Waals surface area contributed by atoms with E-state index in [1.807, 2.05) is 0 Å². The van der Waals surface area contributed by atoms with Gasteiger partial charge < -0.3 is 5.11 Å². The van der Waals surface area contributed by atoms with Crippen LogP contribution in [0.3, 0.4) is 0 Å². The van der Waals surface area contributed by atoms with Crippen LogP contribution >= 0.6 is 11.6 Å². The van der Waals surface area contributed by atoms with Crippen molar-refractivity contribution < 1.29 is 23.1 Å². The maximum absolute atomic E-state index is 12.8. The second-order valence-electron chi connectivity index (χ2n) is 3.90. The quantitative estimate of drug-likeness (QED) is 0.842. The fourth-order valence-electron chi connectivity index (χ4n) is 2.22. The van der Waals surface area contributed by atoms with Crippen LogP contribution in [-0.4, -0.2) is 11.1 Å². The monoisotopic (exact) mass is 264 g/mol. The van der Waals surface area contributed by atoms with Crippen molar-refractivity contribution in [3.05, 3.63) is 33.3 Å². The molecule has 0 saturated carbocycles. The van der Waals surface area contributed by atoms with E-state index >= 15 is 0 Å². The van der Waals surface area contributed by atoms with Gasteiger partial charge in [0.25, 0.3) is 0 Å². The number of benzene rings is 1. The summed E-state index contributed by atoms with van der Waals surface area (Å²) in [6, 6.07) is 1.24. The molecule has 92 valence electrons. The third-order valence-corrected chi connectivity index (χ3v) is 3.15. The van der Waals surface area contributed by atoms with Gasteiger partial charge in [-0.05, 0) is 36.5 Å². The average Bonchev–Trinajstić information content (AvgIpc) is 2.60. The highest BCUT2D eigenvalue weighted by molar-refractivity contribution is 6.32. The lowest BCUT2D eigenvalue weighted by atomic mass is 9.97. The highest BCUT2D eigenvalue weighted by atomic mass is 35.5. The zero-order chi connectivity index (χ0) is 12.8. The van der Waals surface area contributed by atoms with Gasteiger partial charge in [-0.3, -0.25) is 0 Å². The minimum absolute atomic E-state index is 0.272. The number of carbonyl (C=O) groups is 1. The molecule has 0 atom stereocenters. The van der Waals surface area contributed by atoms with E-state index in [1.165, 1.54) is 6.07 Å². The van der Waals surface area contributed by atoms with Crippen molar-refractivity contribution in [1.29, 1.82) is 0 Å². The molecule has 0 bridgehead atoms. The number of hydrogen-bond donors (Lipinski definition) is 1. The second-order valence-corrected chi connectivity index (χ2v) is 4.31. The number of aromatic carboxylic acids is 1. The van der Waals surface area contributed by atoms with Crippen molar-refractivity contribution in [2.24, 2.45) is 0 Å². The predicted molar refractivity (Wildman–Crippen MR) is 55.4 cm³/mol. The molecule has 1 aliphatic rings. The van der Waals surface area contributed by atoms with Gasteiger partial charge in [0.05, 0.1) is 16.1 Å². The molecule has 0 unspecified atom stereocenters. The van der Waals surface area contributed by atoms with E-state index in [0.29, 0.717) is 24.8 Å². The Hall–Kier alpha value is -1.23. The molecule has 0 radical (unpaired) electrons. The molecule has 1 aliphatic carbocycles. The first-order chi connectivity index (χ1) is 7.82. The molecule has 0 spiro atoms. The Morgan fingerprint density at radius 2 is 2.00 bits per heavy atom. The number of carboxylic acids is 1. The van der Waals surface area contributed by atoms with Gasteiger partial charge in [0, 0.05) is 0 Å². The molecule has 17 heavy (non-hydrogen) atoms. The first-order valence-electron chi connectivity index (χ1n) is 4.97. The molecule has 0 saturated heterocycles. The number of carboxylic acid groups (broad SMARTS) is 1. The summed E-state index contributed by atoms with van der Waals surface area (Å²) in [5.74, 6) is -1.57. The van der Waals surface area contributed by atoms with Gasteiger partial charge >= 0.3 is 12.1 Å². The summed E-state index contributed by atoms with van der Waals surface area (Å²) in [5.41, 5.74) is -1.03. The molecule has 1 aromatic rings. The van der Waals surface area contributed by atoms with E-state index in [4.69, 9.17) is 16.7 Å². The molecule has 2 rings (SSSR count). The zero-order valence-corrected chi connectivity index (χ0v) is 9.32. The van der Waals surface area contributed by atoms with Crippen LogP contribution in [0.4, 0.5) is 13.2 Å². The first-order valence-corrected chi connectivity index (χ1v) is 5.35. The van der Waals surface area contributed by atoms with Gasteiger partial charge in [-0.1, -0.05) is 11.6 Å². The average molecular weight is 265 g/mol. The molecule has 0 fully saturated rings. The topological polar surface area (TPSA) is 37.3 Å². The maximum Gasteiger partial charge on any atom is 0.418 e. The summed E-state index contributed by atoms with van der Waals surface area (Å²) in [6.45, 7) is 0. The first kappa shape index (κ1) is 12.2. The molecule has 0 heterocycles. The van der Waals surface area contributed by atoms with Crippen molar-refractivity contribution in [2.45, 2.75) is 25.4 Å². The molecule has 6 heteroatoms. The van der Waals surface area contributed by atoms with Crippen LogP contribution in [-0.2, 0) is 19.0 Å². The Bertz CT molecular complexity index is 494. The molecule has 1 N–H and O–H groups in total. The zero-order valence-electron chi connectivity index (χ0n) is 8.57. The van der Waals surface area contributed by atoms with Crippen LogP contribution in [0.25, 0.3) is 0 Å². The van der Waals surface area contributed by atoms with Crippen LogP contribution in [0.5, 0.6) is 0 Å². The van der Waals surface area contributed by atoms with Crippen molar-refractivity contribution in [1.82, 2.24) is 0 Å². The molecule has 2 nitrogen and oxygen atoms in total. The van der Waals surface area contributed by atoms with E-state index in [0.717, 1.165) is 0 Å². The SMILES string of the molecule is O=C(O)c1c2c(cc(Cl)c1C(F)(F)F)CCC2. The minimum atomic E-state index is -4.75. The van der Waals surface area contributed by atoms with Crippen molar-refractivity contribution in [3.8, 4) is 0 Å². The Kier molecular flexibility index (Phi) is 2.81. The number of alkyl halides is 3. The van der Waals surface area contributed by atoms with Crippen LogP contribution in [0.15, 0.2) is 6.07 Å². The highest BCUT2D eigenvalue weighted by Crippen LogP contribution is 2.41. The van der Waals surface area contributed by atoms with Crippen molar-refractivity contribution >= 4 is 17.6 Å². The number of fused-ring (bicyclic) bond motifs is 1. The molecular formula is C11H8ClF3O2. The molecular weight excluding hydrogens is 257 g/mol. The summed E-state index contributed by atoms with van der Waals surface area (Å²) >= 11 is 5.56. The van der Waals surface area contributed by atoms with Gasteiger partial charge in [-0.25, -0.2) is 4.79 Å². The lowest BCUT2D eigenvalue weighted by Crippen LogP contribution is -2.16. The van der Waals surface area contributed by atoms with E-state index < -0.39 is 28.3 Å². The summed E-state index contributed by atoms with van der Waals surface area (Å²) in [4.78, 5) is 11.0. The molecule has 0 aromatic heterocycles. The second kappa shape index (κ2) is 3.91. The minimum Gasteiger partial charge on any atom is -0.478 e. The van der Waals surface area contributed by atoms with Gasteiger partial charge in [0.15, 0.2) is 0 Å². The predicted octanol–water partition coefficient (Wildman–Crippen LogP) is 3.55. The molecule has 0 amide bonds. The third kappa shape index (κ3) is 1.99. The van der Waals surface area contributed by atoms with Gasteiger partial charge in [-0.2, -0.15) is 13.2 Å². The van der Waals surface area contributed by atoms with Crippen LogP contribution in [0, 0.1) is 0 Å². The number of hydrogen-bond acceptors (Lipinski definition) is 1. The highest BCUT2D eigenvalue weighted by Gasteiger charge is 2.40. The van der Waals surface area contributed by atoms with E-state index in [2.05, 4.69) is 0 Å². The standard InChI is InChI=1S/C11H8ClF3O2/c12-7-4-5-2-1-3-6(5)8(10(16)17)9(7)11(13,14)15/h4H,1-3H2,(H,16,17). The van der Waals surface area contributed by atoms with Crippen LogP contribution < -0.4 is 0 Å². The van der Waals surface area contributed by atoms with E-state index in [-0.39, 0.29) is 5.56 Å². The van der Waals surface area contributed by atoms with E-state index in [1.54, 1.807) is 0 Å². The van der Waals surface area contributed by atoms with Crippen LogP contribution in [0.2, 0.25) is 5.02 Å². The summed E-state index contributed by atoms with van der Waals surface area (Å²) in [7, 11) is 0. The molecule has 0 aliphatic heterocycles. The lowest BCUT2D eigenvalue weighted by Gasteiger charge is -2.15. The normalized spacial score (nSPS) is 14.8. The smallest absolute Gasteiger partial charge is 0.418 e. The van der Waals surface area contributed by atoms with Crippen molar-refractivity contribution in [3.63, 3.8) is 0 Å². The fraction of sp³-hybridized carbons (Fsp3) is 0.364. The van der Waals surface area contributed by atoms with Crippen molar-refractivity contribution in [2.75, 3.05) is 0 Å². The van der Waals surface area contributed by atoms with Gasteiger partial charge in [0.2, 0.25) is 0 Å². The summed E-state index contributed by atoms with van der Waals surface area (Å²) < 4.78 is 38.4.